The molecule has 0 fully saturated rings. The lowest BCUT2D eigenvalue weighted by Crippen LogP contribution is -2.36. The molecule has 0 amide bonds. The number of hydrogen-bond acceptors (Lipinski definition) is 3. The Morgan fingerprint density at radius 3 is 1.53 bits per heavy atom. The van der Waals surface area contributed by atoms with Gasteiger partial charge in [0.1, 0.15) is 0 Å². The third kappa shape index (κ3) is 2.71. The van der Waals surface area contributed by atoms with E-state index in [0.29, 0.717) is 6.42 Å². The van der Waals surface area contributed by atoms with E-state index < -0.39 is 16.2 Å². The molecular formula is C12H17N3. The van der Waals surface area contributed by atoms with E-state index in [9.17, 15) is 5.26 Å². The van der Waals surface area contributed by atoms with Gasteiger partial charge in [-0.15, -0.1) is 0 Å². The fourth-order valence-corrected chi connectivity index (χ4v) is 1.45. The minimum Gasteiger partial charge on any atom is -0.198 e. The van der Waals surface area contributed by atoms with E-state index in [1.165, 1.54) is 0 Å². The largest absolute Gasteiger partial charge is 0.198 e. The van der Waals surface area contributed by atoms with Gasteiger partial charge >= 0.3 is 0 Å². The van der Waals surface area contributed by atoms with Gasteiger partial charge in [0.05, 0.1) is 34.5 Å². The standard InChI is InChI=1S/C12H17N3/c1-10(2,7-13)6-12(5,9-15)11(3,4)8-14/h6H2,1-5H3. The van der Waals surface area contributed by atoms with Crippen LogP contribution in [-0.2, 0) is 0 Å². The fraction of sp³-hybridized carbons (Fsp3) is 0.750. The van der Waals surface area contributed by atoms with Crippen LogP contribution in [0.5, 0.6) is 0 Å². The first-order valence-electron chi connectivity index (χ1n) is 4.88. The van der Waals surface area contributed by atoms with Crippen LogP contribution in [0, 0.1) is 50.2 Å². The topological polar surface area (TPSA) is 71.4 Å². The van der Waals surface area contributed by atoms with Gasteiger partial charge in [-0.2, -0.15) is 15.8 Å². The number of nitriles is 3. The summed E-state index contributed by atoms with van der Waals surface area (Å²) in [6.45, 7) is 8.80. The third-order valence-corrected chi connectivity index (χ3v) is 3.00. The van der Waals surface area contributed by atoms with Crippen LogP contribution in [0.15, 0.2) is 0 Å². The first kappa shape index (κ1) is 13.5. The Labute approximate surface area is 91.9 Å². The second-order valence-electron chi connectivity index (χ2n) is 5.35. The van der Waals surface area contributed by atoms with Crippen LogP contribution in [0.25, 0.3) is 0 Å². The molecule has 0 saturated heterocycles. The highest BCUT2D eigenvalue weighted by atomic mass is 14.5. The zero-order chi connectivity index (χ0) is 12.3. The minimum absolute atomic E-state index is 0.396. The van der Waals surface area contributed by atoms with Gasteiger partial charge in [-0.1, -0.05) is 0 Å². The van der Waals surface area contributed by atoms with Gasteiger partial charge in [-0.05, 0) is 41.0 Å². The summed E-state index contributed by atoms with van der Waals surface area (Å²) in [5, 5.41) is 27.2. The number of rotatable bonds is 3. The molecule has 0 N–H and O–H groups in total. The molecule has 0 aromatic heterocycles. The van der Waals surface area contributed by atoms with Gasteiger partial charge in [0.15, 0.2) is 0 Å². The zero-order valence-electron chi connectivity index (χ0n) is 10.0. The first-order valence-corrected chi connectivity index (χ1v) is 4.88. The summed E-state index contributed by atoms with van der Waals surface area (Å²) >= 11 is 0. The average molecular weight is 203 g/mol. The Morgan fingerprint density at radius 2 is 1.27 bits per heavy atom. The summed E-state index contributed by atoms with van der Waals surface area (Å²) < 4.78 is 0. The predicted molar refractivity (Wildman–Crippen MR) is 57.1 cm³/mol. The van der Waals surface area contributed by atoms with Crippen molar-refractivity contribution in [3.8, 4) is 18.2 Å². The first-order chi connectivity index (χ1) is 6.64. The van der Waals surface area contributed by atoms with Crippen molar-refractivity contribution in [2.75, 3.05) is 0 Å². The van der Waals surface area contributed by atoms with Gasteiger partial charge in [-0.3, -0.25) is 0 Å². The fourth-order valence-electron chi connectivity index (χ4n) is 1.45. The lowest BCUT2D eigenvalue weighted by Gasteiger charge is -2.36. The van der Waals surface area contributed by atoms with E-state index in [4.69, 9.17) is 10.5 Å². The maximum absolute atomic E-state index is 9.20. The van der Waals surface area contributed by atoms with Crippen molar-refractivity contribution in [3.63, 3.8) is 0 Å². The molecule has 0 aliphatic carbocycles. The molecule has 1 unspecified atom stereocenters. The van der Waals surface area contributed by atoms with E-state index in [-0.39, 0.29) is 0 Å². The monoisotopic (exact) mass is 203 g/mol. The van der Waals surface area contributed by atoms with E-state index in [1.807, 2.05) is 0 Å². The predicted octanol–water partition coefficient (Wildman–Crippen LogP) is 3.01. The van der Waals surface area contributed by atoms with Crippen molar-refractivity contribution in [2.45, 2.75) is 41.0 Å². The van der Waals surface area contributed by atoms with E-state index >= 15 is 0 Å². The van der Waals surface area contributed by atoms with Crippen LogP contribution in [0.1, 0.15) is 41.0 Å². The zero-order valence-corrected chi connectivity index (χ0v) is 10.0. The molecule has 0 aliphatic rings. The van der Waals surface area contributed by atoms with Crippen molar-refractivity contribution in [3.05, 3.63) is 0 Å². The molecule has 0 aromatic carbocycles. The summed E-state index contributed by atoms with van der Waals surface area (Å²) in [5.41, 5.74) is -2.14. The number of nitrogens with zero attached hydrogens (tertiary/aromatic N) is 3. The second-order valence-corrected chi connectivity index (χ2v) is 5.35. The van der Waals surface area contributed by atoms with Crippen molar-refractivity contribution in [1.29, 1.82) is 15.8 Å². The van der Waals surface area contributed by atoms with E-state index in [0.717, 1.165) is 0 Å². The van der Waals surface area contributed by atoms with Gasteiger partial charge in [0.25, 0.3) is 0 Å². The highest BCUT2D eigenvalue weighted by molar-refractivity contribution is 5.16. The third-order valence-electron chi connectivity index (χ3n) is 3.00. The van der Waals surface area contributed by atoms with Crippen LogP contribution in [0.4, 0.5) is 0 Å². The molecule has 0 rings (SSSR count). The molecule has 0 spiro atoms. The molecule has 3 nitrogen and oxygen atoms in total. The molecule has 0 saturated carbocycles. The Kier molecular flexibility index (Phi) is 3.52. The molecule has 0 radical (unpaired) electrons. The quantitative estimate of drug-likeness (QED) is 0.707. The molecule has 80 valence electrons. The van der Waals surface area contributed by atoms with E-state index in [2.05, 4.69) is 18.2 Å². The van der Waals surface area contributed by atoms with Crippen LogP contribution < -0.4 is 0 Å². The van der Waals surface area contributed by atoms with Crippen LogP contribution in [0.3, 0.4) is 0 Å². The summed E-state index contributed by atoms with van der Waals surface area (Å²) in [4.78, 5) is 0. The Balaban J connectivity index is 5.21. The normalized spacial score (nSPS) is 15.6. The smallest absolute Gasteiger partial charge is 0.0741 e. The van der Waals surface area contributed by atoms with Crippen molar-refractivity contribution in [2.24, 2.45) is 16.2 Å². The SMILES string of the molecule is CC(C)(C#N)CC(C)(C#N)C(C)(C)C#N. The summed E-state index contributed by atoms with van der Waals surface area (Å²) in [5.74, 6) is 0. The average Bonchev–Trinajstić information content (AvgIpc) is 2.16. The van der Waals surface area contributed by atoms with Crippen molar-refractivity contribution < 1.29 is 0 Å². The second kappa shape index (κ2) is 3.92. The maximum Gasteiger partial charge on any atom is 0.0741 e. The molecule has 0 heterocycles. The molecule has 3 heteroatoms. The lowest BCUT2D eigenvalue weighted by molar-refractivity contribution is 0.160. The molecule has 1 atom stereocenters. The molecule has 0 aliphatic heterocycles. The van der Waals surface area contributed by atoms with Gasteiger partial charge in [0, 0.05) is 0 Å². The lowest BCUT2D eigenvalue weighted by atomic mass is 9.62. The van der Waals surface area contributed by atoms with Gasteiger partial charge in [0.2, 0.25) is 0 Å². The Morgan fingerprint density at radius 1 is 0.800 bits per heavy atom. The highest BCUT2D eigenvalue weighted by Gasteiger charge is 2.45. The number of hydrogen-bond donors (Lipinski definition) is 0. The Hall–Kier alpha value is -1.53. The van der Waals surface area contributed by atoms with Crippen molar-refractivity contribution in [1.82, 2.24) is 0 Å². The molecule has 15 heavy (non-hydrogen) atoms. The van der Waals surface area contributed by atoms with Gasteiger partial charge < -0.3 is 0 Å². The molecule has 0 aromatic rings. The highest BCUT2D eigenvalue weighted by Crippen LogP contribution is 2.45. The van der Waals surface area contributed by atoms with Gasteiger partial charge in [-0.25, -0.2) is 0 Å². The molecular weight excluding hydrogens is 186 g/mol. The Bertz CT molecular complexity index is 360. The van der Waals surface area contributed by atoms with Crippen molar-refractivity contribution >= 4 is 0 Å². The van der Waals surface area contributed by atoms with Crippen LogP contribution in [-0.4, -0.2) is 0 Å². The summed E-state index contributed by atoms with van der Waals surface area (Å²) in [6.07, 6.45) is 0.396. The minimum atomic E-state index is -0.805. The van der Waals surface area contributed by atoms with Crippen LogP contribution in [0.2, 0.25) is 0 Å². The van der Waals surface area contributed by atoms with Crippen LogP contribution >= 0.6 is 0 Å². The van der Waals surface area contributed by atoms with E-state index in [1.54, 1.807) is 34.6 Å². The summed E-state index contributed by atoms with van der Waals surface area (Å²) in [6, 6.07) is 6.50. The maximum atomic E-state index is 9.20. The summed E-state index contributed by atoms with van der Waals surface area (Å²) in [7, 11) is 0. The molecule has 0 bridgehead atoms.